The monoisotopic (exact) mass is 430 g/mol. The fraction of sp³-hybridized carbons (Fsp3) is 0.952. The third-order valence-corrected chi connectivity index (χ3v) is 7.16. The Bertz CT molecular complexity index is 622. The highest BCUT2D eigenvalue weighted by molar-refractivity contribution is 7.90. The molecule has 7 nitrogen and oxygen atoms in total. The van der Waals surface area contributed by atoms with Gasteiger partial charge in [0, 0.05) is 44.5 Å². The number of hydrogen-bond acceptors (Lipinski definition) is 5. The third-order valence-electron chi connectivity index (χ3n) is 6.21. The average molecular weight is 431 g/mol. The van der Waals surface area contributed by atoms with Crippen LogP contribution in [-0.2, 0) is 14.6 Å². The third kappa shape index (κ3) is 8.42. The smallest absolute Gasteiger partial charge is 0.191 e. The minimum absolute atomic E-state index is 0.155. The molecule has 2 fully saturated rings. The number of guanidine groups is 1. The topological polar surface area (TPSA) is 83.0 Å². The Hall–Kier alpha value is -0.860. The summed E-state index contributed by atoms with van der Waals surface area (Å²) in [4.78, 5) is 7.43. The molecule has 1 aliphatic heterocycles. The maximum atomic E-state index is 11.5. The zero-order valence-electron chi connectivity index (χ0n) is 18.9. The molecule has 1 aliphatic carbocycles. The van der Waals surface area contributed by atoms with Gasteiger partial charge in [0.1, 0.15) is 9.84 Å². The van der Waals surface area contributed by atoms with Crippen LogP contribution in [0.15, 0.2) is 4.99 Å². The van der Waals surface area contributed by atoms with Gasteiger partial charge < -0.3 is 15.4 Å². The molecule has 0 aromatic rings. The largest absolute Gasteiger partial charge is 0.379 e. The first-order chi connectivity index (χ1) is 13.7. The van der Waals surface area contributed by atoms with Crippen LogP contribution in [0.25, 0.3) is 0 Å². The van der Waals surface area contributed by atoms with E-state index in [4.69, 9.17) is 9.73 Å². The second kappa shape index (κ2) is 11.0. The Morgan fingerprint density at radius 3 is 2.38 bits per heavy atom. The van der Waals surface area contributed by atoms with Gasteiger partial charge in [0.25, 0.3) is 0 Å². The normalized spacial score (nSPS) is 21.7. The number of ether oxygens (including phenoxy) is 1. The van der Waals surface area contributed by atoms with E-state index in [1.807, 2.05) is 0 Å². The molecule has 1 saturated heterocycles. The summed E-state index contributed by atoms with van der Waals surface area (Å²) in [6, 6.07) is 0. The molecule has 0 amide bonds. The zero-order valence-corrected chi connectivity index (χ0v) is 19.7. The Labute approximate surface area is 178 Å². The lowest BCUT2D eigenvalue weighted by Crippen LogP contribution is -2.60. The van der Waals surface area contributed by atoms with E-state index in [2.05, 4.69) is 36.3 Å². The van der Waals surface area contributed by atoms with E-state index in [1.54, 1.807) is 0 Å². The summed E-state index contributed by atoms with van der Waals surface area (Å²) in [5, 5.41) is 6.98. The number of aliphatic imine (C=N–C) groups is 1. The predicted octanol–water partition coefficient (Wildman–Crippen LogP) is 2.04. The molecular formula is C21H42N4O3S. The van der Waals surface area contributed by atoms with Crippen LogP contribution < -0.4 is 10.6 Å². The summed E-state index contributed by atoms with van der Waals surface area (Å²) < 4.78 is 28.6. The first kappa shape index (κ1) is 24.4. The van der Waals surface area contributed by atoms with Crippen LogP contribution in [0, 0.1) is 5.41 Å². The van der Waals surface area contributed by atoms with E-state index in [9.17, 15) is 8.42 Å². The Kier molecular flexibility index (Phi) is 9.22. The molecule has 170 valence electrons. The van der Waals surface area contributed by atoms with Gasteiger partial charge in [-0.15, -0.1) is 0 Å². The van der Waals surface area contributed by atoms with Crippen molar-refractivity contribution in [2.75, 3.05) is 57.9 Å². The summed E-state index contributed by atoms with van der Waals surface area (Å²) in [5.41, 5.74) is 0.0300. The number of morpholine rings is 1. The highest BCUT2D eigenvalue weighted by atomic mass is 32.2. The van der Waals surface area contributed by atoms with Crippen LogP contribution in [0.4, 0.5) is 0 Å². The van der Waals surface area contributed by atoms with Gasteiger partial charge in [0.2, 0.25) is 0 Å². The zero-order chi connectivity index (χ0) is 21.4. The fourth-order valence-corrected chi connectivity index (χ4v) is 5.20. The van der Waals surface area contributed by atoms with E-state index >= 15 is 0 Å². The minimum atomic E-state index is -2.95. The van der Waals surface area contributed by atoms with Gasteiger partial charge in [-0.05, 0) is 31.6 Å². The van der Waals surface area contributed by atoms with Crippen LogP contribution in [0.5, 0.6) is 0 Å². The summed E-state index contributed by atoms with van der Waals surface area (Å²) in [7, 11) is -2.95. The van der Waals surface area contributed by atoms with Gasteiger partial charge in [0.15, 0.2) is 5.96 Å². The molecule has 0 atom stereocenters. The van der Waals surface area contributed by atoms with Crippen molar-refractivity contribution in [3.8, 4) is 0 Å². The highest BCUT2D eigenvalue weighted by Gasteiger charge is 2.38. The van der Waals surface area contributed by atoms with E-state index in [-0.39, 0.29) is 16.7 Å². The van der Waals surface area contributed by atoms with Crippen molar-refractivity contribution in [2.45, 2.75) is 64.8 Å². The number of nitrogens with zero attached hydrogens (tertiary/aromatic N) is 2. The van der Waals surface area contributed by atoms with Crippen molar-refractivity contribution in [3.05, 3.63) is 0 Å². The highest BCUT2D eigenvalue weighted by Crippen LogP contribution is 2.33. The Morgan fingerprint density at radius 2 is 1.79 bits per heavy atom. The molecule has 0 unspecified atom stereocenters. The Balaban J connectivity index is 2.00. The maximum Gasteiger partial charge on any atom is 0.191 e. The molecule has 0 bridgehead atoms. The van der Waals surface area contributed by atoms with Crippen molar-refractivity contribution < 1.29 is 13.2 Å². The standard InChI is InChI=1S/C21H42N4O3S/c1-5-22-19(23-17-20(2,3)11-16-29(4,26)27)24-18-21(9-7-6-8-10-21)25-12-14-28-15-13-25/h5-18H2,1-4H3,(H2,22,23,24). The van der Waals surface area contributed by atoms with Crippen LogP contribution in [0.2, 0.25) is 0 Å². The van der Waals surface area contributed by atoms with Crippen molar-refractivity contribution in [2.24, 2.45) is 10.4 Å². The lowest BCUT2D eigenvalue weighted by molar-refractivity contribution is -0.0352. The van der Waals surface area contributed by atoms with E-state index in [0.29, 0.717) is 13.0 Å². The lowest BCUT2D eigenvalue weighted by Gasteiger charge is -2.48. The summed E-state index contributed by atoms with van der Waals surface area (Å²) in [6.07, 6.45) is 8.25. The first-order valence-corrected chi connectivity index (χ1v) is 13.2. The van der Waals surface area contributed by atoms with Crippen molar-refractivity contribution in [3.63, 3.8) is 0 Å². The summed E-state index contributed by atoms with van der Waals surface area (Å²) in [6.45, 7) is 12.2. The molecule has 0 aromatic heterocycles. The first-order valence-electron chi connectivity index (χ1n) is 11.2. The van der Waals surface area contributed by atoms with Crippen LogP contribution in [0.1, 0.15) is 59.3 Å². The van der Waals surface area contributed by atoms with Crippen LogP contribution >= 0.6 is 0 Å². The van der Waals surface area contributed by atoms with Gasteiger partial charge in [-0.2, -0.15) is 0 Å². The number of hydrogen-bond donors (Lipinski definition) is 2. The maximum absolute atomic E-state index is 11.5. The van der Waals surface area contributed by atoms with Gasteiger partial charge in [-0.1, -0.05) is 33.1 Å². The second-order valence-corrected chi connectivity index (χ2v) is 11.7. The van der Waals surface area contributed by atoms with Gasteiger partial charge in [-0.3, -0.25) is 9.89 Å². The van der Waals surface area contributed by atoms with Crippen molar-refractivity contribution in [1.82, 2.24) is 15.5 Å². The van der Waals surface area contributed by atoms with Gasteiger partial charge in [0.05, 0.1) is 19.0 Å². The van der Waals surface area contributed by atoms with Crippen LogP contribution in [-0.4, -0.2) is 82.8 Å². The summed E-state index contributed by atoms with van der Waals surface area (Å²) in [5.74, 6) is 1.04. The molecule has 0 spiro atoms. The second-order valence-electron chi connectivity index (χ2n) is 9.48. The molecular weight excluding hydrogens is 388 g/mol. The molecule has 0 aromatic carbocycles. The molecule has 2 rings (SSSR count). The van der Waals surface area contributed by atoms with E-state index in [0.717, 1.165) is 45.4 Å². The van der Waals surface area contributed by atoms with Crippen molar-refractivity contribution in [1.29, 1.82) is 0 Å². The van der Waals surface area contributed by atoms with Crippen LogP contribution in [0.3, 0.4) is 0 Å². The molecule has 1 saturated carbocycles. The number of rotatable bonds is 9. The molecule has 29 heavy (non-hydrogen) atoms. The summed E-state index contributed by atoms with van der Waals surface area (Å²) >= 11 is 0. The Morgan fingerprint density at radius 1 is 1.14 bits per heavy atom. The minimum Gasteiger partial charge on any atom is -0.379 e. The predicted molar refractivity (Wildman–Crippen MR) is 120 cm³/mol. The number of nitrogens with one attached hydrogen (secondary N) is 2. The molecule has 8 heteroatoms. The van der Waals surface area contributed by atoms with Gasteiger partial charge in [-0.25, -0.2) is 8.42 Å². The fourth-order valence-electron chi connectivity index (χ4n) is 4.28. The lowest BCUT2D eigenvalue weighted by atomic mass is 9.80. The molecule has 0 radical (unpaired) electrons. The van der Waals surface area contributed by atoms with Crippen molar-refractivity contribution >= 4 is 15.8 Å². The SMILES string of the molecule is CCNC(=NCC(C)(C)CCS(C)(=O)=O)NCC1(N2CCOCC2)CCCCC1. The van der Waals surface area contributed by atoms with Gasteiger partial charge >= 0.3 is 0 Å². The molecule has 2 aliphatic rings. The van der Waals surface area contributed by atoms with E-state index in [1.165, 1.54) is 38.4 Å². The molecule has 1 heterocycles. The molecule has 2 N–H and O–H groups in total. The average Bonchev–Trinajstić information content (AvgIpc) is 2.70. The quantitative estimate of drug-likeness (QED) is 0.430. The van der Waals surface area contributed by atoms with E-state index < -0.39 is 9.84 Å². The number of sulfone groups is 1.